The summed E-state index contributed by atoms with van der Waals surface area (Å²) < 4.78 is 26.8. The Morgan fingerprint density at radius 1 is 1.29 bits per heavy atom. The third kappa shape index (κ3) is 4.03. The van der Waals surface area contributed by atoms with Crippen LogP contribution in [0.4, 0.5) is 20.2 Å². The molecule has 0 bridgehead atoms. The molecule has 1 aromatic heterocycles. The number of fused-ring (bicyclic) bond motifs is 1. The van der Waals surface area contributed by atoms with Gasteiger partial charge >= 0.3 is 0 Å². The second-order valence-electron chi connectivity index (χ2n) is 8.01. The second-order valence-corrected chi connectivity index (χ2v) is 9.78. The zero-order valence-electron chi connectivity index (χ0n) is 15.9. The Morgan fingerprint density at radius 3 is 2.61 bits per heavy atom. The molecule has 7 heteroatoms. The van der Waals surface area contributed by atoms with Crippen LogP contribution in [0.3, 0.4) is 0 Å². The Balaban J connectivity index is 1.44. The van der Waals surface area contributed by atoms with Gasteiger partial charge in [-0.3, -0.25) is 4.79 Å². The topological polar surface area (TPSA) is 32.3 Å². The molecule has 2 aliphatic rings. The summed E-state index contributed by atoms with van der Waals surface area (Å²) in [5, 5.41) is 2.94. The van der Waals surface area contributed by atoms with E-state index >= 15 is 0 Å². The molecular weight excluding hydrogens is 402 g/mol. The number of nitrogens with zero attached hydrogens (tertiary/aromatic N) is 1. The summed E-state index contributed by atoms with van der Waals surface area (Å²) in [5.74, 6) is -2.98. The summed E-state index contributed by atoms with van der Waals surface area (Å²) in [6.07, 6.45) is 0.771. The van der Waals surface area contributed by atoms with E-state index < -0.39 is 5.92 Å². The standard InChI is InChI=1S/C21H23ClF2N2OS/c1-12-5-16(26-4-3-15-8-18(22)28-17(15)11-26)6-13(2)20(12)25-19(27)7-14-9-21(23,24)10-14/h5-6,8,14H,3-4,7,9-11H2,1-2H3,(H,25,27). The molecule has 1 aliphatic heterocycles. The quantitative estimate of drug-likeness (QED) is 0.657. The van der Waals surface area contributed by atoms with Gasteiger partial charge in [0.25, 0.3) is 0 Å². The monoisotopic (exact) mass is 424 g/mol. The summed E-state index contributed by atoms with van der Waals surface area (Å²) in [7, 11) is 0. The van der Waals surface area contributed by atoms with Crippen LogP contribution in [-0.2, 0) is 17.8 Å². The molecule has 0 saturated heterocycles. The minimum Gasteiger partial charge on any atom is -0.366 e. The van der Waals surface area contributed by atoms with E-state index in [2.05, 4.69) is 28.4 Å². The molecule has 1 aromatic carbocycles. The first-order valence-electron chi connectivity index (χ1n) is 9.51. The normalized spacial score (nSPS) is 18.5. The predicted octanol–water partition coefficient (Wildman–Crippen LogP) is 5.95. The number of aryl methyl sites for hydroxylation is 2. The zero-order chi connectivity index (χ0) is 20.1. The van der Waals surface area contributed by atoms with Gasteiger partial charge in [0.15, 0.2) is 0 Å². The maximum absolute atomic E-state index is 13.0. The maximum atomic E-state index is 13.0. The van der Waals surface area contributed by atoms with Gasteiger partial charge in [0, 0.05) is 42.1 Å². The molecule has 150 valence electrons. The molecule has 0 radical (unpaired) electrons. The molecule has 1 N–H and O–H groups in total. The fourth-order valence-electron chi connectivity index (χ4n) is 4.21. The molecule has 1 aliphatic carbocycles. The van der Waals surface area contributed by atoms with Gasteiger partial charge < -0.3 is 10.2 Å². The number of nitrogens with one attached hydrogen (secondary N) is 1. The van der Waals surface area contributed by atoms with E-state index in [4.69, 9.17) is 11.6 Å². The van der Waals surface area contributed by atoms with Crippen LogP contribution in [0.5, 0.6) is 0 Å². The van der Waals surface area contributed by atoms with Crippen molar-refractivity contribution in [2.24, 2.45) is 5.92 Å². The van der Waals surface area contributed by atoms with E-state index in [1.165, 1.54) is 10.4 Å². The first kappa shape index (κ1) is 19.6. The number of carbonyl (C=O) groups is 1. The molecule has 28 heavy (non-hydrogen) atoms. The number of carbonyl (C=O) groups excluding carboxylic acids is 1. The number of amides is 1. The second kappa shape index (κ2) is 7.30. The Kier molecular flexibility index (Phi) is 5.12. The highest BCUT2D eigenvalue weighted by molar-refractivity contribution is 7.16. The van der Waals surface area contributed by atoms with Crippen LogP contribution in [0.15, 0.2) is 18.2 Å². The van der Waals surface area contributed by atoms with Crippen molar-refractivity contribution in [3.8, 4) is 0 Å². The van der Waals surface area contributed by atoms with Gasteiger partial charge in [-0.25, -0.2) is 8.78 Å². The molecule has 3 nitrogen and oxygen atoms in total. The molecule has 1 saturated carbocycles. The minimum atomic E-state index is -2.58. The molecule has 0 unspecified atom stereocenters. The van der Waals surface area contributed by atoms with E-state index in [-0.39, 0.29) is 31.1 Å². The average molecular weight is 425 g/mol. The van der Waals surface area contributed by atoms with Crippen LogP contribution in [-0.4, -0.2) is 18.4 Å². The molecule has 2 heterocycles. The fourth-order valence-corrected chi connectivity index (χ4v) is 5.57. The summed E-state index contributed by atoms with van der Waals surface area (Å²) in [6, 6.07) is 6.23. The van der Waals surface area contributed by atoms with Crippen molar-refractivity contribution in [2.45, 2.75) is 52.0 Å². The van der Waals surface area contributed by atoms with Crippen molar-refractivity contribution < 1.29 is 13.6 Å². The molecule has 1 amide bonds. The van der Waals surface area contributed by atoms with E-state index in [1.54, 1.807) is 11.3 Å². The van der Waals surface area contributed by atoms with Crippen molar-refractivity contribution in [1.29, 1.82) is 0 Å². The first-order chi connectivity index (χ1) is 13.2. The van der Waals surface area contributed by atoms with Crippen LogP contribution in [0.1, 0.15) is 40.8 Å². The largest absolute Gasteiger partial charge is 0.366 e. The van der Waals surface area contributed by atoms with E-state index in [1.807, 2.05) is 13.8 Å². The van der Waals surface area contributed by atoms with Crippen LogP contribution in [0, 0.1) is 19.8 Å². The van der Waals surface area contributed by atoms with Crippen LogP contribution < -0.4 is 10.2 Å². The van der Waals surface area contributed by atoms with Gasteiger partial charge in [-0.05, 0) is 61.1 Å². The lowest BCUT2D eigenvalue weighted by Gasteiger charge is -2.34. The summed E-state index contributed by atoms with van der Waals surface area (Å²) in [4.78, 5) is 15.9. The van der Waals surface area contributed by atoms with E-state index in [0.29, 0.717) is 0 Å². The lowest BCUT2D eigenvalue weighted by Crippen LogP contribution is -2.37. The first-order valence-corrected chi connectivity index (χ1v) is 10.7. The summed E-state index contributed by atoms with van der Waals surface area (Å²) >= 11 is 7.78. The molecular formula is C21H23ClF2N2OS. The SMILES string of the molecule is Cc1cc(N2CCc3cc(Cl)sc3C2)cc(C)c1NC(=O)CC1CC(F)(F)C1. The Hall–Kier alpha value is -1.66. The van der Waals surface area contributed by atoms with E-state index in [9.17, 15) is 13.6 Å². The van der Waals surface area contributed by atoms with Crippen molar-refractivity contribution in [2.75, 3.05) is 16.8 Å². The average Bonchev–Trinajstić information content (AvgIpc) is 2.95. The molecule has 4 rings (SSSR count). The Morgan fingerprint density at radius 2 is 1.96 bits per heavy atom. The number of hydrogen-bond donors (Lipinski definition) is 1. The van der Waals surface area contributed by atoms with Gasteiger partial charge in [-0.2, -0.15) is 0 Å². The van der Waals surface area contributed by atoms with Gasteiger partial charge in [0.2, 0.25) is 11.8 Å². The van der Waals surface area contributed by atoms with Crippen molar-refractivity contribution in [1.82, 2.24) is 0 Å². The summed E-state index contributed by atoms with van der Waals surface area (Å²) in [5.41, 5.74) is 5.22. The predicted molar refractivity (Wildman–Crippen MR) is 111 cm³/mol. The van der Waals surface area contributed by atoms with Crippen LogP contribution in [0.2, 0.25) is 4.34 Å². The van der Waals surface area contributed by atoms with Crippen molar-refractivity contribution >= 4 is 40.2 Å². The highest BCUT2D eigenvalue weighted by Crippen LogP contribution is 2.44. The van der Waals surface area contributed by atoms with Crippen LogP contribution in [0.25, 0.3) is 0 Å². The number of benzene rings is 1. The molecule has 1 fully saturated rings. The molecule has 0 atom stereocenters. The minimum absolute atomic E-state index is 0.157. The van der Waals surface area contributed by atoms with Gasteiger partial charge in [0.05, 0.1) is 10.9 Å². The number of thiophene rings is 1. The smallest absolute Gasteiger partial charge is 0.248 e. The van der Waals surface area contributed by atoms with Crippen molar-refractivity contribution in [3.05, 3.63) is 44.1 Å². The lowest BCUT2D eigenvalue weighted by molar-refractivity contribution is -0.129. The third-order valence-corrected chi connectivity index (χ3v) is 6.94. The number of anilines is 2. The Labute approximate surface area is 172 Å². The highest BCUT2D eigenvalue weighted by Gasteiger charge is 2.45. The van der Waals surface area contributed by atoms with Crippen molar-refractivity contribution in [3.63, 3.8) is 0 Å². The Bertz CT molecular complexity index is 896. The van der Waals surface area contributed by atoms with Gasteiger partial charge in [0.1, 0.15) is 0 Å². The lowest BCUT2D eigenvalue weighted by atomic mass is 9.79. The third-order valence-electron chi connectivity index (χ3n) is 5.65. The molecule has 0 spiro atoms. The molecule has 2 aromatic rings. The zero-order valence-corrected chi connectivity index (χ0v) is 17.5. The fraction of sp³-hybridized carbons (Fsp3) is 0.476. The summed E-state index contributed by atoms with van der Waals surface area (Å²) in [6.45, 7) is 5.72. The maximum Gasteiger partial charge on any atom is 0.248 e. The number of hydrogen-bond acceptors (Lipinski definition) is 3. The number of rotatable bonds is 4. The highest BCUT2D eigenvalue weighted by atomic mass is 35.5. The van der Waals surface area contributed by atoms with E-state index in [0.717, 1.165) is 46.3 Å². The van der Waals surface area contributed by atoms with Gasteiger partial charge in [-0.15, -0.1) is 11.3 Å². The van der Waals surface area contributed by atoms with Gasteiger partial charge in [-0.1, -0.05) is 11.6 Å². The number of alkyl halides is 2. The number of halogens is 3. The van der Waals surface area contributed by atoms with Crippen LogP contribution >= 0.6 is 22.9 Å².